The van der Waals surface area contributed by atoms with Gasteiger partial charge in [-0.3, -0.25) is 4.79 Å². The highest BCUT2D eigenvalue weighted by atomic mass is 16.5. The van der Waals surface area contributed by atoms with Crippen molar-refractivity contribution >= 4 is 11.6 Å². The van der Waals surface area contributed by atoms with Crippen LogP contribution in [0.5, 0.6) is 11.5 Å². The lowest BCUT2D eigenvalue weighted by molar-refractivity contribution is 0.102. The van der Waals surface area contributed by atoms with E-state index in [0.29, 0.717) is 28.5 Å². The first-order chi connectivity index (χ1) is 12.1. The van der Waals surface area contributed by atoms with Gasteiger partial charge in [-0.1, -0.05) is 12.1 Å². The predicted octanol–water partition coefficient (Wildman–Crippen LogP) is 3.92. The van der Waals surface area contributed by atoms with Crippen molar-refractivity contribution in [2.75, 3.05) is 19.5 Å². The maximum absolute atomic E-state index is 12.5. The van der Waals surface area contributed by atoms with Gasteiger partial charge in [0, 0.05) is 22.9 Å². The van der Waals surface area contributed by atoms with Crippen molar-refractivity contribution in [3.63, 3.8) is 0 Å². The van der Waals surface area contributed by atoms with E-state index in [0.717, 1.165) is 11.1 Å². The van der Waals surface area contributed by atoms with Gasteiger partial charge < -0.3 is 19.2 Å². The van der Waals surface area contributed by atoms with Crippen LogP contribution in [-0.2, 0) is 0 Å². The number of anilines is 1. The van der Waals surface area contributed by atoms with Gasteiger partial charge in [0.15, 0.2) is 23.7 Å². The average molecular weight is 338 g/mol. The molecule has 1 heterocycles. The number of nitrogens with one attached hydrogen (secondary N) is 1. The topological polar surface area (TPSA) is 73.6 Å². The number of methoxy groups -OCH3 is 2. The number of oxazole rings is 1. The fourth-order valence-electron chi connectivity index (χ4n) is 2.45. The maximum atomic E-state index is 12.5. The summed E-state index contributed by atoms with van der Waals surface area (Å²) in [4.78, 5) is 16.4. The Bertz CT molecular complexity index is 871. The lowest BCUT2D eigenvalue weighted by Gasteiger charge is -2.13. The van der Waals surface area contributed by atoms with E-state index in [1.807, 2.05) is 25.1 Å². The Labute approximate surface area is 145 Å². The van der Waals surface area contributed by atoms with Crippen molar-refractivity contribution in [1.29, 1.82) is 0 Å². The Morgan fingerprint density at radius 3 is 2.36 bits per heavy atom. The van der Waals surface area contributed by atoms with E-state index in [1.54, 1.807) is 38.6 Å². The van der Waals surface area contributed by atoms with Gasteiger partial charge in [-0.2, -0.15) is 0 Å². The SMILES string of the molecule is COc1cc(C)c(NC(=O)c2ccc(-c3cnco3)cc2)cc1OC. The highest BCUT2D eigenvalue weighted by Crippen LogP contribution is 2.33. The number of hydrogen-bond acceptors (Lipinski definition) is 5. The third-order valence-corrected chi connectivity index (χ3v) is 3.84. The molecular formula is C19H18N2O4. The Morgan fingerprint density at radius 2 is 1.76 bits per heavy atom. The molecule has 1 N–H and O–H groups in total. The largest absolute Gasteiger partial charge is 0.493 e. The minimum atomic E-state index is -0.209. The number of carbonyl (C=O) groups excluding carboxylic acids is 1. The number of hydrogen-bond donors (Lipinski definition) is 1. The average Bonchev–Trinajstić information content (AvgIpc) is 3.17. The van der Waals surface area contributed by atoms with E-state index in [9.17, 15) is 4.79 Å². The first kappa shape index (κ1) is 16.6. The van der Waals surface area contributed by atoms with Crippen LogP contribution in [0.3, 0.4) is 0 Å². The van der Waals surface area contributed by atoms with Crippen molar-refractivity contribution in [3.05, 3.63) is 60.1 Å². The molecule has 0 fully saturated rings. The molecule has 0 saturated heterocycles. The van der Waals surface area contributed by atoms with Crippen molar-refractivity contribution in [2.24, 2.45) is 0 Å². The molecule has 6 heteroatoms. The minimum Gasteiger partial charge on any atom is -0.493 e. The lowest BCUT2D eigenvalue weighted by Crippen LogP contribution is -2.13. The molecule has 128 valence electrons. The Kier molecular flexibility index (Phi) is 4.70. The molecule has 1 aromatic heterocycles. The minimum absolute atomic E-state index is 0.209. The molecule has 3 aromatic rings. The van der Waals surface area contributed by atoms with Crippen molar-refractivity contribution in [2.45, 2.75) is 6.92 Å². The zero-order valence-corrected chi connectivity index (χ0v) is 14.2. The summed E-state index contributed by atoms with van der Waals surface area (Å²) in [7, 11) is 3.13. The number of ether oxygens (including phenoxy) is 2. The summed E-state index contributed by atoms with van der Waals surface area (Å²) < 4.78 is 15.8. The maximum Gasteiger partial charge on any atom is 0.255 e. The third kappa shape index (κ3) is 3.47. The first-order valence-corrected chi connectivity index (χ1v) is 7.65. The van der Waals surface area contributed by atoms with Crippen molar-refractivity contribution in [3.8, 4) is 22.8 Å². The molecule has 0 saturated carbocycles. The van der Waals surface area contributed by atoms with E-state index < -0.39 is 0 Å². The number of amides is 1. The molecule has 0 atom stereocenters. The van der Waals surface area contributed by atoms with Crippen molar-refractivity contribution in [1.82, 2.24) is 4.98 Å². The molecular weight excluding hydrogens is 320 g/mol. The summed E-state index contributed by atoms with van der Waals surface area (Å²) in [5, 5.41) is 2.90. The molecule has 0 radical (unpaired) electrons. The molecule has 0 unspecified atom stereocenters. The highest BCUT2D eigenvalue weighted by Gasteiger charge is 2.12. The number of aryl methyl sites for hydroxylation is 1. The van der Waals surface area contributed by atoms with Gasteiger partial charge in [0.25, 0.3) is 5.91 Å². The molecule has 25 heavy (non-hydrogen) atoms. The molecule has 0 aliphatic rings. The second-order valence-electron chi connectivity index (χ2n) is 5.42. The number of carbonyl (C=O) groups is 1. The van der Waals surface area contributed by atoms with E-state index >= 15 is 0 Å². The lowest BCUT2D eigenvalue weighted by atomic mass is 10.1. The van der Waals surface area contributed by atoms with Crippen LogP contribution in [0.4, 0.5) is 5.69 Å². The van der Waals surface area contributed by atoms with Gasteiger partial charge >= 0.3 is 0 Å². The fourth-order valence-corrected chi connectivity index (χ4v) is 2.45. The molecule has 0 aliphatic heterocycles. The smallest absolute Gasteiger partial charge is 0.255 e. The second kappa shape index (κ2) is 7.09. The molecule has 1 amide bonds. The number of aromatic nitrogens is 1. The number of rotatable bonds is 5. The van der Waals surface area contributed by atoms with Crippen LogP contribution < -0.4 is 14.8 Å². The summed E-state index contributed by atoms with van der Waals surface area (Å²) in [5.41, 5.74) is 2.94. The Morgan fingerprint density at radius 1 is 1.08 bits per heavy atom. The Balaban J connectivity index is 1.80. The highest BCUT2D eigenvalue weighted by molar-refractivity contribution is 6.05. The van der Waals surface area contributed by atoms with E-state index in [2.05, 4.69) is 10.3 Å². The molecule has 2 aromatic carbocycles. The van der Waals surface area contributed by atoms with Gasteiger partial charge in [0.2, 0.25) is 0 Å². The zero-order valence-electron chi connectivity index (χ0n) is 14.2. The van der Waals surface area contributed by atoms with E-state index in [4.69, 9.17) is 13.9 Å². The molecule has 0 aliphatic carbocycles. The monoisotopic (exact) mass is 338 g/mol. The summed E-state index contributed by atoms with van der Waals surface area (Å²) in [6.07, 6.45) is 3.00. The molecule has 0 spiro atoms. The van der Waals surface area contributed by atoms with Gasteiger partial charge in [0.05, 0.1) is 20.4 Å². The number of nitrogens with zero attached hydrogens (tertiary/aromatic N) is 1. The van der Waals surface area contributed by atoms with Crippen LogP contribution in [0, 0.1) is 6.92 Å². The molecule has 0 bridgehead atoms. The van der Waals surface area contributed by atoms with E-state index in [1.165, 1.54) is 6.39 Å². The van der Waals surface area contributed by atoms with Gasteiger partial charge in [-0.25, -0.2) is 4.98 Å². The first-order valence-electron chi connectivity index (χ1n) is 7.65. The zero-order chi connectivity index (χ0) is 17.8. The van der Waals surface area contributed by atoms with Crippen LogP contribution in [0.25, 0.3) is 11.3 Å². The summed E-state index contributed by atoms with van der Waals surface area (Å²) in [6.45, 7) is 1.89. The van der Waals surface area contributed by atoms with Crippen LogP contribution in [0.2, 0.25) is 0 Å². The molecule has 3 rings (SSSR count). The summed E-state index contributed by atoms with van der Waals surface area (Å²) in [6, 6.07) is 10.7. The fraction of sp³-hybridized carbons (Fsp3) is 0.158. The van der Waals surface area contributed by atoms with Gasteiger partial charge in [0.1, 0.15) is 0 Å². The van der Waals surface area contributed by atoms with Crippen LogP contribution in [-0.4, -0.2) is 25.1 Å². The summed E-state index contributed by atoms with van der Waals surface area (Å²) in [5.74, 6) is 1.63. The standard InChI is InChI=1S/C19H18N2O4/c1-12-8-16(23-2)17(24-3)9-15(12)21-19(22)14-6-4-13(5-7-14)18-10-20-11-25-18/h4-11H,1-3H3,(H,21,22). The van der Waals surface area contributed by atoms with Crippen LogP contribution in [0.1, 0.15) is 15.9 Å². The van der Waals surface area contributed by atoms with Gasteiger partial charge in [-0.05, 0) is 30.7 Å². The van der Waals surface area contributed by atoms with Crippen LogP contribution in [0.15, 0.2) is 53.4 Å². The Hall–Kier alpha value is -3.28. The van der Waals surface area contributed by atoms with Gasteiger partial charge in [-0.15, -0.1) is 0 Å². The normalized spacial score (nSPS) is 10.4. The molecule has 6 nitrogen and oxygen atoms in total. The number of benzene rings is 2. The third-order valence-electron chi connectivity index (χ3n) is 3.84. The predicted molar refractivity (Wildman–Crippen MR) is 94.2 cm³/mol. The van der Waals surface area contributed by atoms with Crippen LogP contribution >= 0.6 is 0 Å². The second-order valence-corrected chi connectivity index (χ2v) is 5.42. The quantitative estimate of drug-likeness (QED) is 0.763. The van der Waals surface area contributed by atoms with E-state index in [-0.39, 0.29) is 5.91 Å². The summed E-state index contributed by atoms with van der Waals surface area (Å²) >= 11 is 0. The van der Waals surface area contributed by atoms with Crippen molar-refractivity contribution < 1.29 is 18.7 Å².